The molecular weight excluding hydrogens is 309 g/mol. The van der Waals surface area contributed by atoms with E-state index in [4.69, 9.17) is 23.2 Å². The highest BCUT2D eigenvalue weighted by Crippen LogP contribution is 2.26. The van der Waals surface area contributed by atoms with E-state index in [-0.39, 0.29) is 4.90 Å². The molecule has 1 aromatic heterocycles. The highest BCUT2D eigenvalue weighted by molar-refractivity contribution is 7.92. The van der Waals surface area contributed by atoms with Gasteiger partial charge in [0, 0.05) is 10.0 Å². The maximum atomic E-state index is 12.3. The van der Waals surface area contributed by atoms with Crippen LogP contribution in [0, 0.1) is 13.8 Å². The first-order valence-electron chi connectivity index (χ1n) is 5.30. The lowest BCUT2D eigenvalue weighted by Crippen LogP contribution is -2.14. The quantitative estimate of drug-likeness (QED) is 0.912. The molecule has 0 aliphatic carbocycles. The summed E-state index contributed by atoms with van der Waals surface area (Å²) in [5.74, 6) is 0. The topological polar surface area (TPSA) is 74.8 Å². The molecule has 19 heavy (non-hydrogen) atoms. The second kappa shape index (κ2) is 5.03. The minimum absolute atomic E-state index is 0.128. The summed E-state index contributed by atoms with van der Waals surface area (Å²) >= 11 is 11.7. The van der Waals surface area contributed by atoms with E-state index in [0.717, 1.165) is 0 Å². The van der Waals surface area contributed by atoms with Crippen LogP contribution in [-0.4, -0.2) is 18.6 Å². The third kappa shape index (κ3) is 3.02. The van der Waals surface area contributed by atoms with Gasteiger partial charge in [-0.15, -0.1) is 0 Å². The molecule has 0 saturated heterocycles. The van der Waals surface area contributed by atoms with Crippen molar-refractivity contribution in [2.24, 2.45) is 0 Å². The van der Waals surface area contributed by atoms with Gasteiger partial charge in [0.2, 0.25) is 0 Å². The van der Waals surface area contributed by atoms with Crippen molar-refractivity contribution in [2.75, 3.05) is 4.72 Å². The highest BCUT2D eigenvalue weighted by atomic mass is 35.5. The van der Waals surface area contributed by atoms with Crippen LogP contribution in [0.5, 0.6) is 0 Å². The molecule has 102 valence electrons. The van der Waals surface area contributed by atoms with Gasteiger partial charge in [-0.25, -0.2) is 8.42 Å². The second-order valence-corrected chi connectivity index (χ2v) is 6.52. The van der Waals surface area contributed by atoms with E-state index in [0.29, 0.717) is 27.1 Å². The van der Waals surface area contributed by atoms with Crippen LogP contribution >= 0.6 is 23.2 Å². The van der Waals surface area contributed by atoms with Crippen molar-refractivity contribution in [3.8, 4) is 0 Å². The number of hydrogen-bond acceptors (Lipinski definition) is 3. The van der Waals surface area contributed by atoms with Gasteiger partial charge in [0.25, 0.3) is 10.0 Å². The van der Waals surface area contributed by atoms with E-state index in [1.165, 1.54) is 18.2 Å². The van der Waals surface area contributed by atoms with E-state index in [9.17, 15) is 8.42 Å². The van der Waals surface area contributed by atoms with Crippen LogP contribution in [-0.2, 0) is 10.0 Å². The monoisotopic (exact) mass is 319 g/mol. The number of nitrogens with zero attached hydrogens (tertiary/aromatic N) is 1. The molecule has 2 rings (SSSR count). The molecule has 2 aromatic rings. The van der Waals surface area contributed by atoms with Crippen LogP contribution < -0.4 is 4.72 Å². The average molecular weight is 320 g/mol. The average Bonchev–Trinajstić information content (AvgIpc) is 2.56. The first-order valence-corrected chi connectivity index (χ1v) is 7.54. The summed E-state index contributed by atoms with van der Waals surface area (Å²) in [5.41, 5.74) is 1.17. The zero-order valence-corrected chi connectivity index (χ0v) is 12.5. The molecule has 1 aromatic carbocycles. The first kappa shape index (κ1) is 14.2. The zero-order chi connectivity index (χ0) is 14.2. The Balaban J connectivity index is 2.42. The normalized spacial score (nSPS) is 11.6. The van der Waals surface area contributed by atoms with Crippen LogP contribution in [0.1, 0.15) is 11.4 Å². The molecule has 0 fully saturated rings. The number of aryl methyl sites for hydroxylation is 2. The third-order valence-corrected chi connectivity index (χ3v) is 4.52. The van der Waals surface area contributed by atoms with E-state index in [1.54, 1.807) is 13.8 Å². The fourth-order valence-electron chi connectivity index (χ4n) is 1.76. The van der Waals surface area contributed by atoms with Crippen molar-refractivity contribution >= 4 is 38.9 Å². The van der Waals surface area contributed by atoms with E-state index < -0.39 is 10.0 Å². The Morgan fingerprint density at radius 2 is 1.74 bits per heavy atom. The number of benzene rings is 1. The summed E-state index contributed by atoms with van der Waals surface area (Å²) in [7, 11) is -3.73. The molecule has 8 heteroatoms. The predicted molar refractivity (Wildman–Crippen MR) is 75.3 cm³/mol. The van der Waals surface area contributed by atoms with Gasteiger partial charge in [0.05, 0.1) is 17.1 Å². The number of H-pyrrole nitrogens is 1. The molecule has 0 unspecified atom stereocenters. The molecule has 2 N–H and O–H groups in total. The summed E-state index contributed by atoms with van der Waals surface area (Å²) in [4.78, 5) is 0.128. The maximum Gasteiger partial charge on any atom is 0.265 e. The van der Waals surface area contributed by atoms with E-state index in [2.05, 4.69) is 14.9 Å². The molecule has 0 amide bonds. The van der Waals surface area contributed by atoms with Crippen molar-refractivity contribution in [3.63, 3.8) is 0 Å². The Hall–Kier alpha value is -1.24. The Morgan fingerprint density at radius 1 is 1.16 bits per heavy atom. The van der Waals surface area contributed by atoms with Gasteiger partial charge in [-0.1, -0.05) is 23.2 Å². The lowest BCUT2D eigenvalue weighted by Gasteiger charge is -2.09. The van der Waals surface area contributed by atoms with Gasteiger partial charge in [-0.3, -0.25) is 9.82 Å². The Morgan fingerprint density at radius 3 is 2.21 bits per heavy atom. The van der Waals surface area contributed by atoms with Crippen molar-refractivity contribution < 1.29 is 8.42 Å². The standard InChI is InChI=1S/C11H11Cl2N3O2S/c1-6-11(7(2)15-14-6)19(17,18)16-10-4-8(12)3-9(13)5-10/h3-5,16H,1-2H3,(H,14,15). The Bertz CT molecular complexity index is 686. The fourth-order valence-corrected chi connectivity index (χ4v) is 3.70. The van der Waals surface area contributed by atoms with Crippen LogP contribution in [0.15, 0.2) is 23.1 Å². The number of nitrogens with one attached hydrogen (secondary N) is 2. The van der Waals surface area contributed by atoms with Gasteiger partial charge in [0.1, 0.15) is 4.90 Å². The zero-order valence-electron chi connectivity index (χ0n) is 10.2. The van der Waals surface area contributed by atoms with Gasteiger partial charge >= 0.3 is 0 Å². The molecule has 5 nitrogen and oxygen atoms in total. The van der Waals surface area contributed by atoms with Crippen molar-refractivity contribution in [2.45, 2.75) is 18.7 Å². The van der Waals surface area contributed by atoms with Crippen LogP contribution in [0.3, 0.4) is 0 Å². The van der Waals surface area contributed by atoms with E-state index in [1.807, 2.05) is 0 Å². The molecule has 0 bridgehead atoms. The number of hydrogen-bond donors (Lipinski definition) is 2. The third-order valence-electron chi connectivity index (χ3n) is 2.44. The molecule has 0 saturated carbocycles. The fraction of sp³-hybridized carbons (Fsp3) is 0.182. The summed E-state index contributed by atoms with van der Waals surface area (Å²) in [6, 6.07) is 4.49. The maximum absolute atomic E-state index is 12.3. The van der Waals surface area contributed by atoms with Gasteiger partial charge in [-0.05, 0) is 32.0 Å². The minimum Gasteiger partial charge on any atom is -0.281 e. The number of aromatic amines is 1. The SMILES string of the molecule is Cc1n[nH]c(C)c1S(=O)(=O)Nc1cc(Cl)cc(Cl)c1. The number of aromatic nitrogens is 2. The van der Waals surface area contributed by atoms with Crippen LogP contribution in [0.2, 0.25) is 10.0 Å². The largest absolute Gasteiger partial charge is 0.281 e. The number of sulfonamides is 1. The molecule has 1 heterocycles. The lowest BCUT2D eigenvalue weighted by molar-refractivity contribution is 0.600. The number of anilines is 1. The van der Waals surface area contributed by atoms with Gasteiger partial charge < -0.3 is 0 Å². The minimum atomic E-state index is -3.73. The van der Waals surface area contributed by atoms with Crippen molar-refractivity contribution in [3.05, 3.63) is 39.6 Å². The Labute approximate surface area is 121 Å². The van der Waals surface area contributed by atoms with Crippen molar-refractivity contribution in [1.29, 1.82) is 0 Å². The molecule has 0 aliphatic rings. The molecule has 0 radical (unpaired) electrons. The van der Waals surface area contributed by atoms with Gasteiger partial charge in [0.15, 0.2) is 0 Å². The summed E-state index contributed by atoms with van der Waals surface area (Å²) in [6.07, 6.45) is 0. The summed E-state index contributed by atoms with van der Waals surface area (Å²) < 4.78 is 27.0. The molecule has 0 aliphatic heterocycles. The first-order chi connectivity index (χ1) is 8.79. The Kier molecular flexibility index (Phi) is 3.75. The highest BCUT2D eigenvalue weighted by Gasteiger charge is 2.22. The van der Waals surface area contributed by atoms with Crippen LogP contribution in [0.4, 0.5) is 5.69 Å². The van der Waals surface area contributed by atoms with Crippen molar-refractivity contribution in [1.82, 2.24) is 10.2 Å². The molecule has 0 spiro atoms. The van der Waals surface area contributed by atoms with Gasteiger partial charge in [-0.2, -0.15) is 5.10 Å². The number of rotatable bonds is 3. The second-order valence-electron chi connectivity index (χ2n) is 4.03. The lowest BCUT2D eigenvalue weighted by atomic mass is 10.3. The molecular formula is C11H11Cl2N3O2S. The van der Waals surface area contributed by atoms with E-state index >= 15 is 0 Å². The smallest absolute Gasteiger partial charge is 0.265 e. The van der Waals surface area contributed by atoms with Crippen LogP contribution in [0.25, 0.3) is 0 Å². The molecule has 0 atom stereocenters. The number of halogens is 2. The summed E-state index contributed by atoms with van der Waals surface area (Å²) in [5, 5.41) is 7.20. The predicted octanol–water partition coefficient (Wildman–Crippen LogP) is 3.13. The summed E-state index contributed by atoms with van der Waals surface area (Å²) in [6.45, 7) is 3.25.